The zero-order valence-electron chi connectivity index (χ0n) is 11.2. The lowest BCUT2D eigenvalue weighted by molar-refractivity contribution is 0.199. The van der Waals surface area contributed by atoms with Crippen molar-refractivity contribution in [2.45, 2.75) is 16.5 Å². The van der Waals surface area contributed by atoms with E-state index in [0.717, 1.165) is 33.6 Å². The molecule has 20 heavy (non-hydrogen) atoms. The molecule has 4 nitrogen and oxygen atoms in total. The molecule has 1 heterocycles. The number of ether oxygens (including phenoxy) is 1. The predicted molar refractivity (Wildman–Crippen MR) is 81.2 cm³/mol. The molecular formula is C14H16ClN3OS. The van der Waals surface area contributed by atoms with Crippen LogP contribution in [0, 0.1) is 0 Å². The Kier molecular flexibility index (Phi) is 6.26. The Labute approximate surface area is 127 Å². The van der Waals surface area contributed by atoms with Crippen molar-refractivity contribution in [3.63, 3.8) is 0 Å². The van der Waals surface area contributed by atoms with Gasteiger partial charge in [-0.1, -0.05) is 29.4 Å². The second-order valence-electron chi connectivity index (χ2n) is 4.07. The summed E-state index contributed by atoms with van der Waals surface area (Å²) in [6.45, 7) is 2.24. The third kappa shape index (κ3) is 4.76. The van der Waals surface area contributed by atoms with E-state index in [1.165, 1.54) is 6.33 Å². The fourth-order valence-electron chi connectivity index (χ4n) is 1.59. The Bertz CT molecular complexity index is 539. The van der Waals surface area contributed by atoms with Gasteiger partial charge in [-0.2, -0.15) is 0 Å². The number of rotatable bonds is 7. The molecule has 0 saturated carbocycles. The average Bonchev–Trinajstić information content (AvgIpc) is 2.46. The molecule has 2 aromatic rings. The van der Waals surface area contributed by atoms with Crippen LogP contribution in [0.2, 0.25) is 5.02 Å². The zero-order chi connectivity index (χ0) is 14.2. The first-order valence-electron chi connectivity index (χ1n) is 6.21. The second kappa shape index (κ2) is 8.21. The minimum Gasteiger partial charge on any atom is -0.383 e. The number of nitrogens with zero attached hydrogens (tertiary/aromatic N) is 2. The van der Waals surface area contributed by atoms with Crippen molar-refractivity contribution in [3.8, 4) is 0 Å². The third-order valence-electron chi connectivity index (χ3n) is 2.60. The Morgan fingerprint density at radius 1 is 1.35 bits per heavy atom. The van der Waals surface area contributed by atoms with Crippen molar-refractivity contribution >= 4 is 23.4 Å². The minimum absolute atomic E-state index is 0.694. The molecule has 0 spiro atoms. The SMILES string of the molecule is COCCNCc1ccc(Sc2ccncn2)cc1Cl. The lowest BCUT2D eigenvalue weighted by atomic mass is 10.2. The van der Waals surface area contributed by atoms with Gasteiger partial charge in [-0.15, -0.1) is 0 Å². The molecular weight excluding hydrogens is 294 g/mol. The standard InChI is InChI=1S/C14H16ClN3OS/c1-19-7-6-16-9-11-2-3-12(8-13(11)15)20-14-4-5-17-10-18-14/h2-5,8,10,16H,6-7,9H2,1H3. The highest BCUT2D eigenvalue weighted by Crippen LogP contribution is 2.29. The largest absolute Gasteiger partial charge is 0.383 e. The fourth-order valence-corrected chi connectivity index (χ4v) is 2.69. The van der Waals surface area contributed by atoms with Crippen molar-refractivity contribution in [1.29, 1.82) is 0 Å². The second-order valence-corrected chi connectivity index (χ2v) is 5.57. The van der Waals surface area contributed by atoms with E-state index in [1.54, 1.807) is 25.1 Å². The number of aromatic nitrogens is 2. The smallest absolute Gasteiger partial charge is 0.116 e. The molecule has 1 N–H and O–H groups in total. The van der Waals surface area contributed by atoms with Crippen molar-refractivity contribution in [2.24, 2.45) is 0 Å². The topological polar surface area (TPSA) is 47.0 Å². The number of hydrogen-bond acceptors (Lipinski definition) is 5. The van der Waals surface area contributed by atoms with E-state index in [0.29, 0.717) is 6.61 Å². The van der Waals surface area contributed by atoms with Crippen LogP contribution < -0.4 is 5.32 Å². The van der Waals surface area contributed by atoms with E-state index in [2.05, 4.69) is 15.3 Å². The zero-order valence-corrected chi connectivity index (χ0v) is 12.7. The van der Waals surface area contributed by atoms with Gasteiger partial charge >= 0.3 is 0 Å². The first-order chi connectivity index (χ1) is 9.79. The Morgan fingerprint density at radius 3 is 2.95 bits per heavy atom. The van der Waals surface area contributed by atoms with E-state index < -0.39 is 0 Å². The molecule has 0 fully saturated rings. The normalized spacial score (nSPS) is 10.7. The van der Waals surface area contributed by atoms with Gasteiger partial charge in [-0.05, 0) is 23.8 Å². The van der Waals surface area contributed by atoms with Gasteiger partial charge in [-0.25, -0.2) is 9.97 Å². The summed E-state index contributed by atoms with van der Waals surface area (Å²) in [7, 11) is 1.69. The summed E-state index contributed by atoms with van der Waals surface area (Å²) in [5.74, 6) is 0. The van der Waals surface area contributed by atoms with E-state index in [4.69, 9.17) is 16.3 Å². The van der Waals surface area contributed by atoms with Gasteiger partial charge < -0.3 is 10.1 Å². The van der Waals surface area contributed by atoms with Crippen LogP contribution in [0.15, 0.2) is 46.7 Å². The van der Waals surface area contributed by atoms with Crippen molar-refractivity contribution in [2.75, 3.05) is 20.3 Å². The lowest BCUT2D eigenvalue weighted by Crippen LogP contribution is -2.18. The summed E-state index contributed by atoms with van der Waals surface area (Å²) in [4.78, 5) is 9.14. The van der Waals surface area contributed by atoms with E-state index in [9.17, 15) is 0 Å². The number of halogens is 1. The van der Waals surface area contributed by atoms with E-state index in [1.807, 2.05) is 24.3 Å². The molecule has 6 heteroatoms. The van der Waals surface area contributed by atoms with Gasteiger partial charge in [0.1, 0.15) is 11.4 Å². The van der Waals surface area contributed by atoms with E-state index in [-0.39, 0.29) is 0 Å². The Morgan fingerprint density at radius 2 is 2.25 bits per heavy atom. The van der Waals surface area contributed by atoms with Gasteiger partial charge in [0.05, 0.1) is 6.61 Å². The maximum Gasteiger partial charge on any atom is 0.116 e. The molecule has 0 aliphatic rings. The quantitative estimate of drug-likeness (QED) is 0.629. The van der Waals surface area contributed by atoms with Crippen LogP contribution in [-0.4, -0.2) is 30.2 Å². The highest BCUT2D eigenvalue weighted by Gasteiger charge is 2.04. The molecule has 0 radical (unpaired) electrons. The first-order valence-corrected chi connectivity index (χ1v) is 7.41. The summed E-state index contributed by atoms with van der Waals surface area (Å²) in [5, 5.41) is 4.94. The number of benzene rings is 1. The molecule has 0 atom stereocenters. The number of hydrogen-bond donors (Lipinski definition) is 1. The summed E-state index contributed by atoms with van der Waals surface area (Å²) >= 11 is 7.86. The van der Waals surface area contributed by atoms with Crippen LogP contribution in [-0.2, 0) is 11.3 Å². The molecule has 0 aliphatic carbocycles. The molecule has 0 aliphatic heterocycles. The van der Waals surface area contributed by atoms with Crippen LogP contribution in [0.25, 0.3) is 0 Å². The molecule has 2 rings (SSSR count). The number of methoxy groups -OCH3 is 1. The highest BCUT2D eigenvalue weighted by molar-refractivity contribution is 7.99. The first kappa shape index (κ1) is 15.3. The molecule has 106 valence electrons. The third-order valence-corrected chi connectivity index (χ3v) is 3.89. The highest BCUT2D eigenvalue weighted by atomic mass is 35.5. The minimum atomic E-state index is 0.694. The summed E-state index contributed by atoms with van der Waals surface area (Å²) < 4.78 is 4.98. The van der Waals surface area contributed by atoms with Crippen molar-refractivity contribution in [1.82, 2.24) is 15.3 Å². The van der Waals surface area contributed by atoms with Gasteiger partial charge in [0.25, 0.3) is 0 Å². The maximum atomic E-state index is 6.29. The van der Waals surface area contributed by atoms with Crippen molar-refractivity contribution < 1.29 is 4.74 Å². The van der Waals surface area contributed by atoms with Crippen LogP contribution in [0.4, 0.5) is 0 Å². The van der Waals surface area contributed by atoms with Gasteiger partial charge in [0.2, 0.25) is 0 Å². The molecule has 1 aromatic heterocycles. The molecule has 0 amide bonds. The summed E-state index contributed by atoms with van der Waals surface area (Å²) in [6, 6.07) is 7.91. The van der Waals surface area contributed by atoms with Crippen LogP contribution in [0.5, 0.6) is 0 Å². The Balaban J connectivity index is 1.95. The lowest BCUT2D eigenvalue weighted by Gasteiger charge is -2.08. The van der Waals surface area contributed by atoms with Gasteiger partial charge in [-0.3, -0.25) is 0 Å². The molecule has 0 bridgehead atoms. The monoisotopic (exact) mass is 309 g/mol. The fraction of sp³-hybridized carbons (Fsp3) is 0.286. The van der Waals surface area contributed by atoms with Crippen LogP contribution >= 0.6 is 23.4 Å². The van der Waals surface area contributed by atoms with Gasteiger partial charge in [0, 0.05) is 36.3 Å². The van der Waals surface area contributed by atoms with Crippen LogP contribution in [0.3, 0.4) is 0 Å². The molecule has 0 unspecified atom stereocenters. The Hall–Kier alpha value is -1.14. The number of nitrogens with one attached hydrogen (secondary N) is 1. The molecule has 0 saturated heterocycles. The molecule has 1 aromatic carbocycles. The maximum absolute atomic E-state index is 6.29. The van der Waals surface area contributed by atoms with Crippen molar-refractivity contribution in [3.05, 3.63) is 47.4 Å². The van der Waals surface area contributed by atoms with Gasteiger partial charge in [0.15, 0.2) is 0 Å². The predicted octanol–water partition coefficient (Wildman–Crippen LogP) is 3.02. The summed E-state index contributed by atoms with van der Waals surface area (Å²) in [5.41, 5.74) is 1.08. The van der Waals surface area contributed by atoms with E-state index >= 15 is 0 Å². The summed E-state index contributed by atoms with van der Waals surface area (Å²) in [6.07, 6.45) is 3.27. The van der Waals surface area contributed by atoms with Crippen LogP contribution in [0.1, 0.15) is 5.56 Å². The average molecular weight is 310 g/mol.